The van der Waals surface area contributed by atoms with Gasteiger partial charge in [-0.25, -0.2) is 0 Å². The highest BCUT2D eigenvalue weighted by molar-refractivity contribution is 5.27. The van der Waals surface area contributed by atoms with E-state index in [1.807, 2.05) is 19.1 Å². The maximum absolute atomic E-state index is 9.92. The number of aliphatic hydroxyl groups is 1. The fourth-order valence-corrected chi connectivity index (χ4v) is 2.93. The highest BCUT2D eigenvalue weighted by Gasteiger charge is 2.25. The summed E-state index contributed by atoms with van der Waals surface area (Å²) in [4.78, 5) is 2.40. The monoisotopic (exact) mass is 293 g/mol. The van der Waals surface area contributed by atoms with Crippen LogP contribution in [0.3, 0.4) is 0 Å². The zero-order valence-corrected chi connectivity index (χ0v) is 13.1. The second-order valence-corrected chi connectivity index (χ2v) is 5.76. The van der Waals surface area contributed by atoms with Crippen LogP contribution in [-0.2, 0) is 11.3 Å². The van der Waals surface area contributed by atoms with Crippen LogP contribution in [0.15, 0.2) is 24.3 Å². The second kappa shape index (κ2) is 8.37. The van der Waals surface area contributed by atoms with E-state index in [9.17, 15) is 5.11 Å². The highest BCUT2D eigenvalue weighted by atomic mass is 16.5. The van der Waals surface area contributed by atoms with Gasteiger partial charge in [0.1, 0.15) is 12.4 Å². The fraction of sp³-hybridized carbons (Fsp3) is 0.647. The lowest BCUT2D eigenvalue weighted by Gasteiger charge is -2.37. The van der Waals surface area contributed by atoms with Gasteiger partial charge in [-0.1, -0.05) is 18.6 Å². The van der Waals surface area contributed by atoms with E-state index in [4.69, 9.17) is 9.47 Å². The number of hydrogen-bond acceptors (Lipinski definition) is 4. The summed E-state index contributed by atoms with van der Waals surface area (Å²) in [6, 6.07) is 8.51. The van der Waals surface area contributed by atoms with Gasteiger partial charge in [-0.2, -0.15) is 0 Å². The normalized spacial score (nSPS) is 21.2. The molecule has 1 aromatic rings. The minimum Gasteiger partial charge on any atom is -0.491 e. The van der Waals surface area contributed by atoms with Crippen molar-refractivity contribution in [2.24, 2.45) is 0 Å². The van der Waals surface area contributed by atoms with Gasteiger partial charge in [-0.3, -0.25) is 4.90 Å². The lowest BCUT2D eigenvalue weighted by Crippen LogP contribution is -2.45. The molecule has 0 bridgehead atoms. The van der Waals surface area contributed by atoms with E-state index in [1.165, 1.54) is 18.4 Å². The largest absolute Gasteiger partial charge is 0.491 e. The van der Waals surface area contributed by atoms with Crippen molar-refractivity contribution in [3.63, 3.8) is 0 Å². The smallest absolute Gasteiger partial charge is 0.119 e. The summed E-state index contributed by atoms with van der Waals surface area (Å²) in [6.07, 6.45) is 3.28. The molecule has 118 valence electrons. The minimum absolute atomic E-state index is 0.262. The molecule has 2 atom stereocenters. The van der Waals surface area contributed by atoms with E-state index < -0.39 is 0 Å². The van der Waals surface area contributed by atoms with Crippen LogP contribution in [0.2, 0.25) is 0 Å². The van der Waals surface area contributed by atoms with Crippen molar-refractivity contribution in [2.45, 2.75) is 44.9 Å². The van der Waals surface area contributed by atoms with Crippen LogP contribution >= 0.6 is 0 Å². The number of methoxy groups -OCH3 is 1. The van der Waals surface area contributed by atoms with Gasteiger partial charge in [0, 0.05) is 19.7 Å². The van der Waals surface area contributed by atoms with Crippen molar-refractivity contribution in [2.75, 3.05) is 26.9 Å². The topological polar surface area (TPSA) is 41.9 Å². The Hall–Kier alpha value is -1.10. The van der Waals surface area contributed by atoms with Crippen LogP contribution in [0.5, 0.6) is 5.75 Å². The van der Waals surface area contributed by atoms with Gasteiger partial charge in [-0.05, 0) is 44.0 Å². The summed E-state index contributed by atoms with van der Waals surface area (Å²) in [5.74, 6) is 0.876. The van der Waals surface area contributed by atoms with E-state index in [0.717, 1.165) is 25.3 Å². The molecule has 21 heavy (non-hydrogen) atoms. The van der Waals surface area contributed by atoms with Crippen LogP contribution in [0.1, 0.15) is 31.7 Å². The van der Waals surface area contributed by atoms with Crippen molar-refractivity contribution in [1.82, 2.24) is 4.90 Å². The lowest BCUT2D eigenvalue weighted by atomic mass is 9.97. The molecule has 0 aliphatic carbocycles. The third-order valence-electron chi connectivity index (χ3n) is 4.09. The Morgan fingerprint density at radius 2 is 2.00 bits per heavy atom. The Kier molecular flexibility index (Phi) is 6.49. The fourth-order valence-electron chi connectivity index (χ4n) is 2.93. The maximum atomic E-state index is 9.92. The highest BCUT2D eigenvalue weighted by Crippen LogP contribution is 2.23. The summed E-state index contributed by atoms with van der Waals surface area (Å²) >= 11 is 0. The number of nitrogens with zero attached hydrogens (tertiary/aromatic N) is 1. The van der Waals surface area contributed by atoms with E-state index in [1.54, 1.807) is 7.11 Å². The van der Waals surface area contributed by atoms with Gasteiger partial charge in [0.15, 0.2) is 0 Å². The van der Waals surface area contributed by atoms with Crippen LogP contribution < -0.4 is 4.74 Å². The molecule has 2 rings (SSSR count). The second-order valence-electron chi connectivity index (χ2n) is 5.76. The summed E-state index contributed by atoms with van der Waals surface area (Å²) in [6.45, 7) is 5.04. The Morgan fingerprint density at radius 1 is 1.24 bits per heavy atom. The number of benzene rings is 1. The number of ether oxygens (including phenoxy) is 2. The average molecular weight is 293 g/mol. The van der Waals surface area contributed by atoms with Crippen LogP contribution in [0, 0.1) is 0 Å². The molecule has 0 spiro atoms. The molecule has 0 amide bonds. The average Bonchev–Trinajstić information content (AvgIpc) is 2.50. The molecule has 2 unspecified atom stereocenters. The van der Waals surface area contributed by atoms with E-state index in [-0.39, 0.29) is 12.1 Å². The predicted octanol–water partition coefficient (Wildman–Crippen LogP) is 2.45. The molecule has 1 aromatic carbocycles. The molecule has 1 aliphatic heterocycles. The SMILES string of the molecule is COCCOc1ccc(CN2CCCCC2C(C)O)cc1. The van der Waals surface area contributed by atoms with Crippen molar-refractivity contribution in [3.05, 3.63) is 29.8 Å². The molecule has 0 saturated carbocycles. The van der Waals surface area contributed by atoms with Gasteiger partial charge >= 0.3 is 0 Å². The molecule has 1 aliphatic rings. The Balaban J connectivity index is 1.89. The Bertz CT molecular complexity index is 405. The molecule has 4 nitrogen and oxygen atoms in total. The lowest BCUT2D eigenvalue weighted by molar-refractivity contribution is 0.0316. The number of aliphatic hydroxyl groups excluding tert-OH is 1. The van der Waals surface area contributed by atoms with Crippen LogP contribution in [-0.4, -0.2) is 49.0 Å². The van der Waals surface area contributed by atoms with Gasteiger partial charge < -0.3 is 14.6 Å². The van der Waals surface area contributed by atoms with Crippen molar-refractivity contribution in [3.8, 4) is 5.75 Å². The molecule has 4 heteroatoms. The zero-order chi connectivity index (χ0) is 15.1. The van der Waals surface area contributed by atoms with E-state index >= 15 is 0 Å². The molecular formula is C17H27NO3. The van der Waals surface area contributed by atoms with E-state index in [0.29, 0.717) is 13.2 Å². The minimum atomic E-state index is -0.262. The molecular weight excluding hydrogens is 266 g/mol. The van der Waals surface area contributed by atoms with Crippen molar-refractivity contribution in [1.29, 1.82) is 0 Å². The van der Waals surface area contributed by atoms with Crippen molar-refractivity contribution >= 4 is 0 Å². The Morgan fingerprint density at radius 3 is 2.67 bits per heavy atom. The van der Waals surface area contributed by atoms with Crippen molar-refractivity contribution < 1.29 is 14.6 Å². The molecule has 0 radical (unpaired) electrons. The first-order valence-electron chi connectivity index (χ1n) is 7.83. The Labute approximate surface area is 127 Å². The molecule has 1 saturated heterocycles. The van der Waals surface area contributed by atoms with Crippen LogP contribution in [0.4, 0.5) is 0 Å². The maximum Gasteiger partial charge on any atom is 0.119 e. The number of piperidine rings is 1. The summed E-state index contributed by atoms with van der Waals surface area (Å²) in [7, 11) is 1.67. The molecule has 1 fully saturated rings. The van der Waals surface area contributed by atoms with Crippen LogP contribution in [0.25, 0.3) is 0 Å². The third kappa shape index (κ3) is 4.99. The third-order valence-corrected chi connectivity index (χ3v) is 4.09. The standard InChI is InChI=1S/C17H27NO3/c1-14(19)17-5-3-4-10-18(17)13-15-6-8-16(9-7-15)21-12-11-20-2/h6-9,14,17,19H,3-5,10-13H2,1-2H3. The number of hydrogen-bond donors (Lipinski definition) is 1. The van der Waals surface area contributed by atoms with E-state index in [2.05, 4.69) is 17.0 Å². The number of rotatable bonds is 7. The van der Waals surface area contributed by atoms with Gasteiger partial charge in [0.05, 0.1) is 12.7 Å². The van der Waals surface area contributed by atoms with Gasteiger partial charge in [0.25, 0.3) is 0 Å². The quantitative estimate of drug-likeness (QED) is 0.784. The summed E-state index contributed by atoms with van der Waals surface area (Å²) < 4.78 is 10.5. The molecule has 1 heterocycles. The predicted molar refractivity (Wildman–Crippen MR) is 83.5 cm³/mol. The summed E-state index contributed by atoms with van der Waals surface area (Å²) in [5.41, 5.74) is 1.27. The first kappa shape index (κ1) is 16.3. The molecule has 0 aromatic heterocycles. The number of likely N-dealkylation sites (tertiary alicyclic amines) is 1. The molecule has 1 N–H and O–H groups in total. The zero-order valence-electron chi connectivity index (χ0n) is 13.1. The van der Waals surface area contributed by atoms with Gasteiger partial charge in [0.2, 0.25) is 0 Å². The first-order valence-corrected chi connectivity index (χ1v) is 7.83. The van der Waals surface area contributed by atoms with Gasteiger partial charge in [-0.15, -0.1) is 0 Å². The first-order chi connectivity index (χ1) is 10.2. The summed E-state index contributed by atoms with van der Waals surface area (Å²) in [5, 5.41) is 9.92.